The average molecular weight is 242 g/mol. The number of likely N-dealkylation sites (tertiary alicyclic amines) is 1. The molecule has 1 unspecified atom stereocenters. The van der Waals surface area contributed by atoms with Crippen LogP contribution in [0.1, 0.15) is 46.5 Å². The number of carbonyl (C=O) groups excluding carboxylic acids is 1. The predicted octanol–water partition coefficient (Wildman–Crippen LogP) is 1.14. The number of hydrogen-bond acceptors (Lipinski definition) is 3. The SMILES string of the molecule is CC(C)(C)NC(=O)CN1CCCCCC1CO. The second kappa shape index (κ2) is 6.36. The third-order valence-electron chi connectivity index (χ3n) is 3.07. The minimum atomic E-state index is -0.183. The Morgan fingerprint density at radius 2 is 2.06 bits per heavy atom. The highest BCUT2D eigenvalue weighted by Gasteiger charge is 2.23. The zero-order chi connectivity index (χ0) is 12.9. The highest BCUT2D eigenvalue weighted by molar-refractivity contribution is 5.78. The molecule has 1 saturated heterocycles. The van der Waals surface area contributed by atoms with E-state index in [4.69, 9.17) is 0 Å². The normalized spacial score (nSPS) is 23.2. The van der Waals surface area contributed by atoms with Gasteiger partial charge in [0.1, 0.15) is 0 Å². The number of nitrogens with zero attached hydrogens (tertiary/aromatic N) is 1. The Morgan fingerprint density at radius 3 is 2.65 bits per heavy atom. The van der Waals surface area contributed by atoms with Gasteiger partial charge in [0, 0.05) is 11.6 Å². The van der Waals surface area contributed by atoms with E-state index < -0.39 is 0 Å². The number of aliphatic hydroxyl groups is 1. The molecule has 1 aliphatic rings. The van der Waals surface area contributed by atoms with Crippen molar-refractivity contribution in [3.05, 3.63) is 0 Å². The standard InChI is InChI=1S/C13H26N2O2/c1-13(2,3)14-12(17)9-15-8-6-4-5-7-11(15)10-16/h11,16H,4-10H2,1-3H3,(H,14,17). The molecule has 4 heteroatoms. The quantitative estimate of drug-likeness (QED) is 0.780. The molecule has 1 aliphatic heterocycles. The van der Waals surface area contributed by atoms with Crippen LogP contribution in [-0.2, 0) is 4.79 Å². The van der Waals surface area contributed by atoms with Crippen molar-refractivity contribution in [3.8, 4) is 0 Å². The van der Waals surface area contributed by atoms with Crippen LogP contribution in [0.4, 0.5) is 0 Å². The minimum Gasteiger partial charge on any atom is -0.395 e. The molecule has 0 spiro atoms. The summed E-state index contributed by atoms with van der Waals surface area (Å²) >= 11 is 0. The van der Waals surface area contributed by atoms with Gasteiger partial charge in [-0.25, -0.2) is 0 Å². The number of hydrogen-bond donors (Lipinski definition) is 2. The van der Waals surface area contributed by atoms with Gasteiger partial charge in [-0.05, 0) is 40.2 Å². The lowest BCUT2D eigenvalue weighted by molar-refractivity contribution is -0.124. The summed E-state index contributed by atoms with van der Waals surface area (Å²) in [5.41, 5.74) is -0.183. The molecule has 0 bridgehead atoms. The molecule has 100 valence electrons. The van der Waals surface area contributed by atoms with Crippen LogP contribution in [0.15, 0.2) is 0 Å². The van der Waals surface area contributed by atoms with Gasteiger partial charge in [0.05, 0.1) is 13.2 Å². The fourth-order valence-corrected chi connectivity index (χ4v) is 2.29. The molecule has 4 nitrogen and oxygen atoms in total. The van der Waals surface area contributed by atoms with Crippen LogP contribution >= 0.6 is 0 Å². The van der Waals surface area contributed by atoms with E-state index in [0.717, 1.165) is 25.8 Å². The molecule has 0 saturated carbocycles. The molecule has 0 aromatic rings. The van der Waals surface area contributed by atoms with Crippen molar-refractivity contribution in [3.63, 3.8) is 0 Å². The Kier molecular flexibility index (Phi) is 5.40. The molecule has 1 atom stereocenters. The van der Waals surface area contributed by atoms with E-state index in [-0.39, 0.29) is 24.1 Å². The lowest BCUT2D eigenvalue weighted by atomic mass is 10.1. The number of carbonyl (C=O) groups is 1. The molecule has 17 heavy (non-hydrogen) atoms. The summed E-state index contributed by atoms with van der Waals surface area (Å²) in [7, 11) is 0. The first-order chi connectivity index (χ1) is 7.92. The van der Waals surface area contributed by atoms with E-state index in [1.165, 1.54) is 6.42 Å². The van der Waals surface area contributed by atoms with Gasteiger partial charge in [-0.2, -0.15) is 0 Å². The lowest BCUT2D eigenvalue weighted by Gasteiger charge is -2.29. The lowest BCUT2D eigenvalue weighted by Crippen LogP contribution is -2.49. The maximum atomic E-state index is 11.9. The van der Waals surface area contributed by atoms with Gasteiger partial charge in [0.2, 0.25) is 5.91 Å². The molecule has 1 rings (SSSR count). The Bertz CT molecular complexity index is 248. The average Bonchev–Trinajstić information content (AvgIpc) is 2.39. The van der Waals surface area contributed by atoms with Crippen LogP contribution < -0.4 is 5.32 Å². The highest BCUT2D eigenvalue weighted by atomic mass is 16.3. The summed E-state index contributed by atoms with van der Waals surface area (Å²) in [5, 5.41) is 12.3. The first kappa shape index (κ1) is 14.5. The third-order valence-corrected chi connectivity index (χ3v) is 3.07. The van der Waals surface area contributed by atoms with Crippen molar-refractivity contribution in [2.75, 3.05) is 19.7 Å². The van der Waals surface area contributed by atoms with Crippen LogP contribution in [0.5, 0.6) is 0 Å². The van der Waals surface area contributed by atoms with E-state index in [1.54, 1.807) is 0 Å². The maximum Gasteiger partial charge on any atom is 0.234 e. The second-order valence-electron chi connectivity index (χ2n) is 5.95. The zero-order valence-corrected chi connectivity index (χ0v) is 11.3. The number of rotatable bonds is 3. The fraction of sp³-hybridized carbons (Fsp3) is 0.923. The van der Waals surface area contributed by atoms with Crippen molar-refractivity contribution < 1.29 is 9.90 Å². The van der Waals surface area contributed by atoms with Crippen LogP contribution in [-0.4, -0.2) is 47.2 Å². The van der Waals surface area contributed by atoms with Crippen LogP contribution in [0.25, 0.3) is 0 Å². The topological polar surface area (TPSA) is 52.6 Å². The fourth-order valence-electron chi connectivity index (χ4n) is 2.29. The van der Waals surface area contributed by atoms with Gasteiger partial charge in [0.15, 0.2) is 0 Å². The number of nitrogens with one attached hydrogen (secondary N) is 1. The minimum absolute atomic E-state index is 0.0536. The Labute approximate surface area is 104 Å². The Morgan fingerprint density at radius 1 is 1.35 bits per heavy atom. The van der Waals surface area contributed by atoms with E-state index in [2.05, 4.69) is 10.2 Å². The summed E-state index contributed by atoms with van der Waals surface area (Å²) in [5.74, 6) is 0.0536. The molecule has 0 aromatic carbocycles. The molecule has 1 fully saturated rings. The van der Waals surface area contributed by atoms with Crippen molar-refractivity contribution in [2.45, 2.75) is 58.0 Å². The molecule has 1 amide bonds. The van der Waals surface area contributed by atoms with Crippen LogP contribution in [0.3, 0.4) is 0 Å². The summed E-state index contributed by atoms with van der Waals surface area (Å²) in [6.07, 6.45) is 4.48. The van der Waals surface area contributed by atoms with E-state index in [9.17, 15) is 9.90 Å². The van der Waals surface area contributed by atoms with Gasteiger partial charge in [-0.1, -0.05) is 12.8 Å². The van der Waals surface area contributed by atoms with Crippen LogP contribution in [0.2, 0.25) is 0 Å². The molecule has 0 aliphatic carbocycles. The van der Waals surface area contributed by atoms with Gasteiger partial charge in [0.25, 0.3) is 0 Å². The first-order valence-corrected chi connectivity index (χ1v) is 6.58. The first-order valence-electron chi connectivity index (χ1n) is 6.58. The summed E-state index contributed by atoms with van der Waals surface area (Å²) in [6.45, 7) is 7.43. The van der Waals surface area contributed by atoms with Crippen molar-refractivity contribution >= 4 is 5.91 Å². The Balaban J connectivity index is 2.49. The molecule has 1 heterocycles. The van der Waals surface area contributed by atoms with E-state index in [0.29, 0.717) is 6.54 Å². The third kappa shape index (κ3) is 5.50. The highest BCUT2D eigenvalue weighted by Crippen LogP contribution is 2.16. The summed E-state index contributed by atoms with van der Waals surface area (Å²) in [4.78, 5) is 14.0. The smallest absolute Gasteiger partial charge is 0.234 e. The molecular weight excluding hydrogens is 216 g/mol. The van der Waals surface area contributed by atoms with Crippen LogP contribution in [0, 0.1) is 0 Å². The molecule has 0 radical (unpaired) electrons. The van der Waals surface area contributed by atoms with Crippen molar-refractivity contribution in [2.24, 2.45) is 0 Å². The largest absolute Gasteiger partial charge is 0.395 e. The van der Waals surface area contributed by atoms with E-state index >= 15 is 0 Å². The van der Waals surface area contributed by atoms with Gasteiger partial charge < -0.3 is 10.4 Å². The predicted molar refractivity (Wildman–Crippen MR) is 68.8 cm³/mol. The molecule has 2 N–H and O–H groups in total. The van der Waals surface area contributed by atoms with Crippen molar-refractivity contribution in [1.29, 1.82) is 0 Å². The number of aliphatic hydroxyl groups excluding tert-OH is 1. The Hall–Kier alpha value is -0.610. The monoisotopic (exact) mass is 242 g/mol. The molecule has 0 aromatic heterocycles. The number of amides is 1. The van der Waals surface area contributed by atoms with Gasteiger partial charge in [-0.15, -0.1) is 0 Å². The van der Waals surface area contributed by atoms with Gasteiger partial charge in [-0.3, -0.25) is 9.69 Å². The maximum absolute atomic E-state index is 11.9. The van der Waals surface area contributed by atoms with Gasteiger partial charge >= 0.3 is 0 Å². The molecular formula is C13H26N2O2. The zero-order valence-electron chi connectivity index (χ0n) is 11.3. The summed E-state index contributed by atoms with van der Waals surface area (Å²) in [6, 6.07) is 0.156. The second-order valence-corrected chi connectivity index (χ2v) is 5.95. The van der Waals surface area contributed by atoms with Crippen molar-refractivity contribution in [1.82, 2.24) is 10.2 Å². The van der Waals surface area contributed by atoms with E-state index in [1.807, 2.05) is 20.8 Å². The summed E-state index contributed by atoms with van der Waals surface area (Å²) < 4.78 is 0.